The first-order chi connectivity index (χ1) is 14.9. The highest BCUT2D eigenvalue weighted by atomic mass is 79.9. The van der Waals surface area contributed by atoms with Crippen molar-refractivity contribution >= 4 is 32.9 Å². The second-order valence-electron chi connectivity index (χ2n) is 6.65. The van der Waals surface area contributed by atoms with Gasteiger partial charge < -0.3 is 18.6 Å². The van der Waals surface area contributed by atoms with Crippen molar-refractivity contribution in [3.05, 3.63) is 92.7 Å². The molecular formula is C24H17BrO6. The number of fused-ring (bicyclic) bond motifs is 1. The minimum atomic E-state index is -0.510. The Balaban J connectivity index is 1.63. The molecule has 0 N–H and O–H groups in total. The first kappa shape index (κ1) is 20.7. The van der Waals surface area contributed by atoms with E-state index in [2.05, 4.69) is 15.9 Å². The Labute approximate surface area is 186 Å². The molecule has 6 nitrogen and oxygen atoms in total. The van der Waals surface area contributed by atoms with Gasteiger partial charge in [0.15, 0.2) is 0 Å². The summed E-state index contributed by atoms with van der Waals surface area (Å²) < 4.78 is 23.0. The number of halogens is 1. The van der Waals surface area contributed by atoms with E-state index in [1.807, 2.05) is 0 Å². The summed E-state index contributed by atoms with van der Waals surface area (Å²) in [6.07, 6.45) is 0. The van der Waals surface area contributed by atoms with Gasteiger partial charge in [0, 0.05) is 16.6 Å². The number of hydrogen-bond acceptors (Lipinski definition) is 6. The van der Waals surface area contributed by atoms with Gasteiger partial charge >= 0.3 is 5.97 Å². The van der Waals surface area contributed by atoms with E-state index in [0.29, 0.717) is 33.8 Å². The van der Waals surface area contributed by atoms with Crippen molar-refractivity contribution < 1.29 is 23.4 Å². The number of aryl methyl sites for hydroxylation is 1. The van der Waals surface area contributed by atoms with Gasteiger partial charge in [-0.15, -0.1) is 0 Å². The number of rotatable bonds is 5. The molecule has 31 heavy (non-hydrogen) atoms. The molecular weight excluding hydrogens is 464 g/mol. The van der Waals surface area contributed by atoms with Gasteiger partial charge in [0.25, 0.3) is 0 Å². The van der Waals surface area contributed by atoms with Gasteiger partial charge in [-0.05, 0) is 55.5 Å². The lowest BCUT2D eigenvalue weighted by molar-refractivity contribution is 0.0735. The van der Waals surface area contributed by atoms with E-state index in [-0.39, 0.29) is 16.9 Å². The van der Waals surface area contributed by atoms with Gasteiger partial charge in [-0.3, -0.25) is 4.79 Å². The van der Waals surface area contributed by atoms with Crippen LogP contribution in [0.4, 0.5) is 0 Å². The van der Waals surface area contributed by atoms with Crippen LogP contribution in [0.25, 0.3) is 11.0 Å². The largest absolute Gasteiger partial charge is 0.497 e. The van der Waals surface area contributed by atoms with Gasteiger partial charge in [-0.25, -0.2) is 4.79 Å². The summed E-state index contributed by atoms with van der Waals surface area (Å²) in [6, 6.07) is 18.3. The number of ether oxygens (including phenoxy) is 3. The SMILES string of the molecule is COc1cccc(Oc2c(C)oc3cc(OC(=O)c4ccc(Br)cc4)ccc3c2=O)c1. The molecule has 0 saturated carbocycles. The first-order valence-electron chi connectivity index (χ1n) is 9.32. The zero-order valence-electron chi connectivity index (χ0n) is 16.7. The number of esters is 1. The lowest BCUT2D eigenvalue weighted by atomic mass is 10.2. The Bertz CT molecular complexity index is 1320. The normalized spacial score (nSPS) is 10.7. The fraction of sp³-hybridized carbons (Fsp3) is 0.0833. The van der Waals surface area contributed by atoms with Crippen molar-refractivity contribution in [1.29, 1.82) is 0 Å². The molecule has 0 fully saturated rings. The average molecular weight is 481 g/mol. The molecule has 0 bridgehead atoms. The van der Waals surface area contributed by atoms with Crippen molar-refractivity contribution in [3.8, 4) is 23.0 Å². The van der Waals surface area contributed by atoms with Crippen LogP contribution in [0, 0.1) is 6.92 Å². The fourth-order valence-electron chi connectivity index (χ4n) is 2.98. The lowest BCUT2D eigenvalue weighted by Gasteiger charge is -2.10. The second kappa shape index (κ2) is 8.65. The maximum atomic E-state index is 13.0. The Morgan fingerprint density at radius 3 is 2.42 bits per heavy atom. The van der Waals surface area contributed by atoms with Crippen molar-refractivity contribution in [1.82, 2.24) is 0 Å². The zero-order valence-corrected chi connectivity index (χ0v) is 18.3. The van der Waals surface area contributed by atoms with Gasteiger partial charge in [-0.2, -0.15) is 0 Å². The van der Waals surface area contributed by atoms with Crippen LogP contribution < -0.4 is 19.6 Å². The number of hydrogen-bond donors (Lipinski definition) is 0. The predicted molar refractivity (Wildman–Crippen MR) is 119 cm³/mol. The molecule has 0 spiro atoms. The van der Waals surface area contributed by atoms with Crippen LogP contribution in [0.1, 0.15) is 16.1 Å². The Kier molecular flexibility index (Phi) is 5.77. The van der Waals surface area contributed by atoms with E-state index in [4.69, 9.17) is 18.6 Å². The van der Waals surface area contributed by atoms with Crippen LogP contribution in [-0.2, 0) is 0 Å². The molecule has 3 aromatic carbocycles. The minimum absolute atomic E-state index is 0.0837. The predicted octanol–water partition coefficient (Wildman–Crippen LogP) is 5.88. The number of benzene rings is 3. The quantitative estimate of drug-likeness (QED) is 0.262. The molecule has 4 aromatic rings. The van der Waals surface area contributed by atoms with E-state index in [0.717, 1.165) is 4.47 Å². The fourth-order valence-corrected chi connectivity index (χ4v) is 3.25. The highest BCUT2D eigenvalue weighted by Crippen LogP contribution is 2.29. The molecule has 0 atom stereocenters. The van der Waals surface area contributed by atoms with Gasteiger partial charge in [0.05, 0.1) is 18.1 Å². The zero-order chi connectivity index (χ0) is 22.0. The van der Waals surface area contributed by atoms with E-state index < -0.39 is 5.97 Å². The lowest BCUT2D eigenvalue weighted by Crippen LogP contribution is -2.10. The van der Waals surface area contributed by atoms with Gasteiger partial charge in [0.2, 0.25) is 11.2 Å². The third-order valence-electron chi connectivity index (χ3n) is 4.54. The van der Waals surface area contributed by atoms with Gasteiger partial charge in [0.1, 0.15) is 28.6 Å². The van der Waals surface area contributed by atoms with E-state index in [1.165, 1.54) is 6.07 Å². The molecule has 0 amide bonds. The third-order valence-corrected chi connectivity index (χ3v) is 5.07. The van der Waals surface area contributed by atoms with Crippen molar-refractivity contribution in [2.45, 2.75) is 6.92 Å². The summed E-state index contributed by atoms with van der Waals surface area (Å²) >= 11 is 3.33. The summed E-state index contributed by atoms with van der Waals surface area (Å²) in [6.45, 7) is 1.64. The van der Waals surface area contributed by atoms with E-state index in [1.54, 1.807) is 74.7 Å². The van der Waals surface area contributed by atoms with Gasteiger partial charge in [-0.1, -0.05) is 22.0 Å². The molecule has 1 heterocycles. The maximum Gasteiger partial charge on any atom is 0.343 e. The second-order valence-corrected chi connectivity index (χ2v) is 7.57. The number of carbonyl (C=O) groups is 1. The van der Waals surface area contributed by atoms with Crippen LogP contribution >= 0.6 is 15.9 Å². The molecule has 0 radical (unpaired) electrons. The monoisotopic (exact) mass is 480 g/mol. The van der Waals surface area contributed by atoms with E-state index in [9.17, 15) is 9.59 Å². The first-order valence-corrected chi connectivity index (χ1v) is 10.1. The standard InChI is InChI=1S/C24H17BrO6/c1-14-23(30-18-5-3-4-17(12-18)28-2)22(26)20-11-10-19(13-21(20)29-14)31-24(27)15-6-8-16(25)9-7-15/h3-13H,1-2H3. The van der Waals surface area contributed by atoms with Crippen molar-refractivity contribution in [2.75, 3.05) is 7.11 Å². The van der Waals surface area contributed by atoms with Crippen LogP contribution in [0.3, 0.4) is 0 Å². The highest BCUT2D eigenvalue weighted by Gasteiger charge is 2.16. The van der Waals surface area contributed by atoms with Crippen molar-refractivity contribution in [3.63, 3.8) is 0 Å². The summed E-state index contributed by atoms with van der Waals surface area (Å²) in [5.74, 6) is 1.21. The summed E-state index contributed by atoms with van der Waals surface area (Å²) in [5, 5.41) is 0.312. The van der Waals surface area contributed by atoms with Crippen molar-refractivity contribution in [2.24, 2.45) is 0 Å². The Morgan fingerprint density at radius 2 is 1.68 bits per heavy atom. The summed E-state index contributed by atoms with van der Waals surface area (Å²) in [7, 11) is 1.55. The topological polar surface area (TPSA) is 75.0 Å². The molecule has 0 aliphatic heterocycles. The summed E-state index contributed by atoms with van der Waals surface area (Å²) in [5.41, 5.74) is 0.372. The molecule has 7 heteroatoms. The third kappa shape index (κ3) is 4.46. The number of methoxy groups -OCH3 is 1. The Hall–Kier alpha value is -3.58. The highest BCUT2D eigenvalue weighted by molar-refractivity contribution is 9.10. The molecule has 4 rings (SSSR count). The minimum Gasteiger partial charge on any atom is -0.497 e. The smallest absolute Gasteiger partial charge is 0.343 e. The molecule has 0 aliphatic rings. The molecule has 156 valence electrons. The number of carbonyl (C=O) groups excluding carboxylic acids is 1. The van der Waals surface area contributed by atoms with Crippen LogP contribution in [0.5, 0.6) is 23.0 Å². The molecule has 0 aliphatic carbocycles. The van der Waals surface area contributed by atoms with E-state index >= 15 is 0 Å². The Morgan fingerprint density at radius 1 is 0.935 bits per heavy atom. The molecule has 0 unspecified atom stereocenters. The molecule has 0 saturated heterocycles. The van der Waals surface area contributed by atoms with Crippen LogP contribution in [0.2, 0.25) is 0 Å². The van der Waals surface area contributed by atoms with Crippen LogP contribution in [-0.4, -0.2) is 13.1 Å². The molecule has 1 aromatic heterocycles. The maximum absolute atomic E-state index is 13.0. The summed E-state index contributed by atoms with van der Waals surface area (Å²) in [4.78, 5) is 25.3. The average Bonchev–Trinajstić information content (AvgIpc) is 2.77. The van der Waals surface area contributed by atoms with Crippen LogP contribution in [0.15, 0.2) is 80.4 Å².